The molecular weight excluding hydrogens is 275 g/mol. The van der Waals surface area contributed by atoms with Gasteiger partial charge in [-0.1, -0.05) is 37.9 Å². The van der Waals surface area contributed by atoms with Gasteiger partial charge in [-0.05, 0) is 43.1 Å². The van der Waals surface area contributed by atoms with Gasteiger partial charge < -0.3 is 5.32 Å². The van der Waals surface area contributed by atoms with Crippen LogP contribution in [0.15, 0.2) is 18.2 Å². The van der Waals surface area contributed by atoms with Crippen molar-refractivity contribution in [2.75, 3.05) is 19.6 Å². The molecule has 2 rings (SSSR count). The molecule has 1 aromatic carbocycles. The Morgan fingerprint density at radius 3 is 3.00 bits per heavy atom. The van der Waals surface area contributed by atoms with Crippen LogP contribution >= 0.6 is 11.6 Å². The average molecular weight is 299 g/mol. The average Bonchev–Trinajstić information content (AvgIpc) is 2.67. The molecule has 1 N–H and O–H groups in total. The Balaban J connectivity index is 2.01. The Bertz CT molecular complexity index is 438. The van der Waals surface area contributed by atoms with Crippen LogP contribution in [0.2, 0.25) is 5.02 Å². The summed E-state index contributed by atoms with van der Waals surface area (Å²) in [5, 5.41) is 3.86. The maximum atomic E-state index is 13.2. The summed E-state index contributed by atoms with van der Waals surface area (Å²) in [6.07, 6.45) is 2.34. The third kappa shape index (κ3) is 4.18. The predicted molar refractivity (Wildman–Crippen MR) is 82.5 cm³/mol. The van der Waals surface area contributed by atoms with E-state index < -0.39 is 0 Å². The SMILES string of the molecule is CCC(C)C1CN(Cc2ccc(F)c(Cl)c2)CCCN1. The number of nitrogens with zero attached hydrogens (tertiary/aromatic N) is 1. The van der Waals surface area contributed by atoms with E-state index in [9.17, 15) is 4.39 Å². The van der Waals surface area contributed by atoms with Gasteiger partial charge in [0, 0.05) is 19.1 Å². The summed E-state index contributed by atoms with van der Waals surface area (Å²) in [7, 11) is 0. The zero-order chi connectivity index (χ0) is 14.5. The predicted octanol–water partition coefficient (Wildman–Crippen LogP) is 3.69. The number of hydrogen-bond donors (Lipinski definition) is 1. The van der Waals surface area contributed by atoms with Crippen molar-refractivity contribution in [2.45, 2.75) is 39.3 Å². The van der Waals surface area contributed by atoms with Gasteiger partial charge >= 0.3 is 0 Å². The lowest BCUT2D eigenvalue weighted by Gasteiger charge is -2.28. The Morgan fingerprint density at radius 1 is 1.50 bits per heavy atom. The van der Waals surface area contributed by atoms with Gasteiger partial charge in [0.2, 0.25) is 0 Å². The van der Waals surface area contributed by atoms with Crippen LogP contribution in [-0.4, -0.2) is 30.6 Å². The number of nitrogens with one attached hydrogen (secondary N) is 1. The van der Waals surface area contributed by atoms with E-state index in [0.717, 1.165) is 38.2 Å². The van der Waals surface area contributed by atoms with Crippen LogP contribution in [0.4, 0.5) is 4.39 Å². The highest BCUT2D eigenvalue weighted by Crippen LogP contribution is 2.19. The van der Waals surface area contributed by atoms with Crippen molar-refractivity contribution in [3.05, 3.63) is 34.6 Å². The lowest BCUT2D eigenvalue weighted by Crippen LogP contribution is -2.41. The second kappa shape index (κ2) is 7.39. The van der Waals surface area contributed by atoms with E-state index in [1.165, 1.54) is 12.5 Å². The molecule has 0 amide bonds. The van der Waals surface area contributed by atoms with Crippen molar-refractivity contribution in [1.29, 1.82) is 0 Å². The lowest BCUT2D eigenvalue weighted by molar-refractivity contribution is 0.231. The third-order valence-corrected chi connectivity index (χ3v) is 4.52. The van der Waals surface area contributed by atoms with E-state index in [2.05, 4.69) is 24.1 Å². The smallest absolute Gasteiger partial charge is 0.141 e. The number of benzene rings is 1. The summed E-state index contributed by atoms with van der Waals surface area (Å²) in [4.78, 5) is 2.44. The largest absolute Gasteiger partial charge is 0.312 e. The summed E-state index contributed by atoms with van der Waals surface area (Å²) in [5.41, 5.74) is 1.08. The van der Waals surface area contributed by atoms with Crippen LogP contribution in [0.5, 0.6) is 0 Å². The Kier molecular flexibility index (Phi) is 5.82. The van der Waals surface area contributed by atoms with E-state index in [4.69, 9.17) is 11.6 Å². The molecule has 1 saturated heterocycles. The van der Waals surface area contributed by atoms with E-state index in [-0.39, 0.29) is 10.8 Å². The van der Waals surface area contributed by atoms with Gasteiger partial charge in [0.05, 0.1) is 5.02 Å². The minimum atomic E-state index is -0.342. The highest BCUT2D eigenvalue weighted by atomic mass is 35.5. The fraction of sp³-hybridized carbons (Fsp3) is 0.625. The Morgan fingerprint density at radius 2 is 2.30 bits per heavy atom. The number of hydrogen-bond acceptors (Lipinski definition) is 2. The first-order valence-corrected chi connectivity index (χ1v) is 7.87. The highest BCUT2D eigenvalue weighted by Gasteiger charge is 2.21. The Hall–Kier alpha value is -0.640. The molecule has 0 aromatic heterocycles. The highest BCUT2D eigenvalue weighted by molar-refractivity contribution is 6.30. The van der Waals surface area contributed by atoms with Crippen molar-refractivity contribution in [3.63, 3.8) is 0 Å². The van der Waals surface area contributed by atoms with Crippen molar-refractivity contribution in [1.82, 2.24) is 10.2 Å². The summed E-state index contributed by atoms with van der Waals surface area (Å²) in [6.45, 7) is 8.58. The first kappa shape index (κ1) is 15.7. The quantitative estimate of drug-likeness (QED) is 0.912. The topological polar surface area (TPSA) is 15.3 Å². The molecule has 2 atom stereocenters. The fourth-order valence-electron chi connectivity index (χ4n) is 2.73. The first-order chi connectivity index (χ1) is 9.60. The van der Waals surface area contributed by atoms with Crippen LogP contribution in [0.25, 0.3) is 0 Å². The van der Waals surface area contributed by atoms with E-state index in [1.807, 2.05) is 6.07 Å². The summed E-state index contributed by atoms with van der Waals surface area (Å²) in [5.74, 6) is 0.331. The van der Waals surface area contributed by atoms with Gasteiger partial charge in [0.1, 0.15) is 5.82 Å². The molecule has 1 fully saturated rings. The van der Waals surface area contributed by atoms with Crippen LogP contribution in [0.3, 0.4) is 0 Å². The summed E-state index contributed by atoms with van der Waals surface area (Å²) in [6, 6.07) is 5.57. The summed E-state index contributed by atoms with van der Waals surface area (Å²) < 4.78 is 13.2. The normalized spacial score (nSPS) is 22.5. The zero-order valence-electron chi connectivity index (χ0n) is 12.3. The van der Waals surface area contributed by atoms with Gasteiger partial charge in [-0.15, -0.1) is 0 Å². The number of rotatable bonds is 4. The minimum Gasteiger partial charge on any atom is -0.312 e. The molecule has 2 nitrogen and oxygen atoms in total. The second-order valence-electron chi connectivity index (χ2n) is 5.78. The van der Waals surface area contributed by atoms with Crippen molar-refractivity contribution >= 4 is 11.6 Å². The maximum Gasteiger partial charge on any atom is 0.141 e. The van der Waals surface area contributed by atoms with Gasteiger partial charge in [-0.3, -0.25) is 4.90 Å². The molecular formula is C16H24ClFN2. The first-order valence-electron chi connectivity index (χ1n) is 7.49. The van der Waals surface area contributed by atoms with Gasteiger partial charge in [0.15, 0.2) is 0 Å². The molecule has 0 aliphatic carbocycles. The molecule has 20 heavy (non-hydrogen) atoms. The van der Waals surface area contributed by atoms with E-state index in [0.29, 0.717) is 12.0 Å². The molecule has 1 aromatic rings. The molecule has 0 bridgehead atoms. The standard InChI is InChI=1S/C16H24ClFN2/c1-3-12(2)16-11-20(8-4-7-19-16)10-13-5-6-15(18)14(17)9-13/h5-6,9,12,16,19H,3-4,7-8,10-11H2,1-2H3. The molecule has 2 unspecified atom stereocenters. The van der Waals surface area contributed by atoms with Crippen LogP contribution < -0.4 is 5.32 Å². The van der Waals surface area contributed by atoms with Crippen LogP contribution in [-0.2, 0) is 6.54 Å². The van der Waals surface area contributed by atoms with Crippen molar-refractivity contribution in [3.8, 4) is 0 Å². The van der Waals surface area contributed by atoms with Gasteiger partial charge in [-0.2, -0.15) is 0 Å². The molecule has 1 aliphatic rings. The molecule has 1 aliphatic heterocycles. The molecule has 112 valence electrons. The lowest BCUT2D eigenvalue weighted by atomic mass is 9.99. The van der Waals surface area contributed by atoms with E-state index in [1.54, 1.807) is 6.07 Å². The molecule has 4 heteroatoms. The van der Waals surface area contributed by atoms with Crippen LogP contribution in [0, 0.1) is 11.7 Å². The summed E-state index contributed by atoms with van der Waals surface area (Å²) >= 11 is 5.86. The van der Waals surface area contributed by atoms with Crippen LogP contribution in [0.1, 0.15) is 32.3 Å². The minimum absolute atomic E-state index is 0.217. The van der Waals surface area contributed by atoms with Gasteiger partial charge in [0.25, 0.3) is 0 Å². The monoisotopic (exact) mass is 298 g/mol. The Labute approximate surface area is 126 Å². The number of halogens is 2. The molecule has 0 spiro atoms. The van der Waals surface area contributed by atoms with Gasteiger partial charge in [-0.25, -0.2) is 4.39 Å². The van der Waals surface area contributed by atoms with Crippen molar-refractivity contribution in [2.24, 2.45) is 5.92 Å². The maximum absolute atomic E-state index is 13.2. The molecule has 0 radical (unpaired) electrons. The zero-order valence-corrected chi connectivity index (χ0v) is 13.1. The fourth-order valence-corrected chi connectivity index (χ4v) is 2.93. The second-order valence-corrected chi connectivity index (χ2v) is 6.19. The van der Waals surface area contributed by atoms with Crippen molar-refractivity contribution < 1.29 is 4.39 Å². The molecule has 1 heterocycles. The van der Waals surface area contributed by atoms with E-state index >= 15 is 0 Å². The molecule has 0 saturated carbocycles. The third-order valence-electron chi connectivity index (χ3n) is 4.23.